The normalized spacial score (nSPS) is 15.4. The van der Waals surface area contributed by atoms with Crippen LogP contribution in [-0.2, 0) is 25.8 Å². The smallest absolute Gasteiger partial charge is 0.306 e. The summed E-state index contributed by atoms with van der Waals surface area (Å²) in [6.45, 7) is 2.03. The number of hydrogen-bond acceptors (Lipinski definition) is 5. The lowest BCUT2D eigenvalue weighted by molar-refractivity contribution is 0.257. The molecular weight excluding hydrogens is 431 g/mol. The Hall–Kier alpha value is -2.42. The van der Waals surface area contributed by atoms with Crippen LogP contribution < -0.4 is 10.0 Å². The predicted molar refractivity (Wildman–Crippen MR) is 124 cm³/mol. The fraction of sp³-hybridized carbons (Fsp3) is 0.304. The van der Waals surface area contributed by atoms with Gasteiger partial charge in [-0.25, -0.2) is 9.18 Å². The Morgan fingerprint density at radius 3 is 2.97 bits per heavy atom. The van der Waals surface area contributed by atoms with E-state index in [1.165, 1.54) is 40.2 Å². The Balaban J connectivity index is 1.35. The number of thiophene rings is 1. The summed E-state index contributed by atoms with van der Waals surface area (Å²) in [5.41, 5.74) is 5.94. The number of rotatable bonds is 4. The number of carbonyl (C=O) groups is 1. The van der Waals surface area contributed by atoms with Gasteiger partial charge in [-0.1, -0.05) is 12.1 Å². The Morgan fingerprint density at radius 1 is 1.19 bits per heavy atom. The van der Waals surface area contributed by atoms with Crippen LogP contribution in [0.3, 0.4) is 0 Å². The second kappa shape index (κ2) is 8.61. The lowest BCUT2D eigenvalue weighted by atomic mass is 9.98. The Kier molecular flexibility index (Phi) is 5.69. The van der Waals surface area contributed by atoms with E-state index in [9.17, 15) is 9.18 Å². The van der Waals surface area contributed by atoms with Crippen molar-refractivity contribution in [1.29, 1.82) is 0 Å². The van der Waals surface area contributed by atoms with Crippen LogP contribution >= 0.6 is 23.3 Å². The first-order valence-corrected chi connectivity index (χ1v) is 12.0. The number of amides is 2. The zero-order valence-corrected chi connectivity index (χ0v) is 18.8. The number of aryl methyl sites for hydroxylation is 1. The summed E-state index contributed by atoms with van der Waals surface area (Å²) in [5.74, 6) is -0.392. The van der Waals surface area contributed by atoms with E-state index in [1.54, 1.807) is 17.5 Å². The highest BCUT2D eigenvalue weighted by Crippen LogP contribution is 2.38. The van der Waals surface area contributed by atoms with Gasteiger partial charge in [-0.15, -0.1) is 11.3 Å². The Morgan fingerprint density at radius 2 is 2.10 bits per heavy atom. The van der Waals surface area contributed by atoms with Crippen LogP contribution in [0.5, 0.6) is 0 Å². The summed E-state index contributed by atoms with van der Waals surface area (Å²) in [4.78, 5) is 20.5. The standard InChI is InChI=1S/C23H23FN4OS2/c1-28-8-7-20-16(13-28)10-21(30-20)31-27-23(29)26-22-18-4-2-3-14(18)5-6-19(22)15-9-17(24)12-25-11-15/h5-6,9-12H,2-4,7-8,13H2,1H3,(H2,26,27,29). The second-order valence-corrected chi connectivity index (χ2v) is 10.3. The first-order valence-electron chi connectivity index (χ1n) is 10.4. The van der Waals surface area contributed by atoms with Crippen molar-refractivity contribution in [2.45, 2.75) is 36.4 Å². The van der Waals surface area contributed by atoms with E-state index in [0.717, 1.165) is 59.8 Å². The first-order chi connectivity index (χ1) is 15.1. The molecule has 0 unspecified atom stereocenters. The van der Waals surface area contributed by atoms with E-state index in [0.29, 0.717) is 5.56 Å². The number of carbonyl (C=O) groups excluding carboxylic acids is 1. The van der Waals surface area contributed by atoms with Gasteiger partial charge in [-0.3, -0.25) is 9.71 Å². The van der Waals surface area contributed by atoms with Crippen molar-refractivity contribution in [1.82, 2.24) is 14.6 Å². The van der Waals surface area contributed by atoms with E-state index < -0.39 is 5.82 Å². The lowest BCUT2D eigenvalue weighted by Gasteiger charge is -2.21. The summed E-state index contributed by atoms with van der Waals surface area (Å²) in [6.07, 6.45) is 6.83. The molecule has 3 heterocycles. The maximum atomic E-state index is 13.8. The predicted octanol–water partition coefficient (Wildman–Crippen LogP) is 5.25. The number of halogens is 1. The highest BCUT2D eigenvalue weighted by molar-refractivity contribution is 7.99. The Labute approximate surface area is 189 Å². The SMILES string of the molecule is CN1CCc2sc(SNC(=O)Nc3c(-c4cncc(F)c4)ccc4c3CCC4)cc2C1. The van der Waals surface area contributed by atoms with Gasteiger partial charge >= 0.3 is 6.03 Å². The third-order valence-corrected chi connectivity index (χ3v) is 7.95. The van der Waals surface area contributed by atoms with Crippen molar-refractivity contribution >= 4 is 35.0 Å². The second-order valence-electron chi connectivity index (χ2n) is 8.03. The van der Waals surface area contributed by atoms with Gasteiger partial charge in [-0.05, 0) is 73.5 Å². The molecule has 1 aliphatic heterocycles. The van der Waals surface area contributed by atoms with Crippen LogP contribution in [0, 0.1) is 5.82 Å². The number of fused-ring (bicyclic) bond motifs is 2. The third-order valence-electron chi connectivity index (χ3n) is 5.82. The number of nitrogens with zero attached hydrogens (tertiary/aromatic N) is 2. The van der Waals surface area contributed by atoms with Gasteiger partial charge < -0.3 is 10.2 Å². The van der Waals surface area contributed by atoms with Gasteiger partial charge in [0.2, 0.25) is 0 Å². The number of pyridine rings is 1. The number of hydrogen-bond donors (Lipinski definition) is 2. The molecular formula is C23H23FN4OS2. The molecule has 31 heavy (non-hydrogen) atoms. The molecule has 0 saturated carbocycles. The van der Waals surface area contributed by atoms with E-state index in [2.05, 4.69) is 39.1 Å². The zero-order chi connectivity index (χ0) is 21.4. The molecule has 0 spiro atoms. The van der Waals surface area contributed by atoms with Gasteiger partial charge in [0.05, 0.1) is 16.1 Å². The number of urea groups is 1. The van der Waals surface area contributed by atoms with E-state index in [1.807, 2.05) is 6.07 Å². The summed E-state index contributed by atoms with van der Waals surface area (Å²) in [6, 6.07) is 7.37. The van der Waals surface area contributed by atoms with Crippen molar-refractivity contribution in [3.63, 3.8) is 0 Å². The first kappa shape index (κ1) is 20.5. The molecule has 5 rings (SSSR count). The molecule has 2 amide bonds. The largest absolute Gasteiger partial charge is 0.329 e. The number of anilines is 1. The van der Waals surface area contributed by atoms with E-state index in [4.69, 9.17) is 0 Å². The molecule has 2 aliphatic rings. The molecule has 0 saturated heterocycles. The summed E-state index contributed by atoms with van der Waals surface area (Å²) >= 11 is 3.10. The minimum Gasteiger partial charge on any atom is -0.306 e. The fourth-order valence-electron chi connectivity index (χ4n) is 4.34. The average Bonchev–Trinajstić information content (AvgIpc) is 3.39. The van der Waals surface area contributed by atoms with Crippen LogP contribution in [0.15, 0.2) is 40.9 Å². The van der Waals surface area contributed by atoms with Gasteiger partial charge in [0.25, 0.3) is 0 Å². The van der Waals surface area contributed by atoms with E-state index >= 15 is 0 Å². The maximum absolute atomic E-state index is 13.8. The third kappa shape index (κ3) is 4.33. The number of aromatic nitrogens is 1. The molecule has 1 aromatic carbocycles. The molecule has 3 aromatic rings. The molecule has 160 valence electrons. The molecule has 1 aliphatic carbocycles. The van der Waals surface area contributed by atoms with Crippen molar-refractivity contribution in [3.05, 3.63) is 64.0 Å². The molecule has 2 aromatic heterocycles. The summed E-state index contributed by atoms with van der Waals surface area (Å²) in [7, 11) is 2.13. The van der Waals surface area contributed by atoms with Crippen LogP contribution in [0.2, 0.25) is 0 Å². The van der Waals surface area contributed by atoms with E-state index in [-0.39, 0.29) is 6.03 Å². The lowest BCUT2D eigenvalue weighted by Crippen LogP contribution is -2.25. The number of nitrogens with one attached hydrogen (secondary N) is 2. The topological polar surface area (TPSA) is 57.3 Å². The average molecular weight is 455 g/mol. The monoisotopic (exact) mass is 454 g/mol. The van der Waals surface area contributed by atoms with Crippen LogP contribution in [0.1, 0.15) is 28.0 Å². The van der Waals surface area contributed by atoms with Gasteiger partial charge in [0, 0.05) is 35.3 Å². The van der Waals surface area contributed by atoms with Crippen LogP contribution in [0.4, 0.5) is 14.9 Å². The molecule has 0 atom stereocenters. The number of likely N-dealkylation sites (N-methyl/N-ethyl adjacent to an activating group) is 1. The highest BCUT2D eigenvalue weighted by Gasteiger charge is 2.21. The minimum atomic E-state index is -0.392. The zero-order valence-electron chi connectivity index (χ0n) is 17.2. The van der Waals surface area contributed by atoms with Crippen molar-refractivity contribution in [2.24, 2.45) is 0 Å². The quantitative estimate of drug-likeness (QED) is 0.529. The fourth-order valence-corrected chi connectivity index (χ4v) is 6.27. The molecule has 2 N–H and O–H groups in total. The van der Waals surface area contributed by atoms with Crippen LogP contribution in [0.25, 0.3) is 11.1 Å². The Bertz CT molecular complexity index is 1150. The maximum Gasteiger partial charge on any atom is 0.329 e. The van der Waals surface area contributed by atoms with Crippen molar-refractivity contribution < 1.29 is 9.18 Å². The van der Waals surface area contributed by atoms with Crippen molar-refractivity contribution in [3.8, 4) is 11.1 Å². The van der Waals surface area contributed by atoms with Crippen molar-refractivity contribution in [2.75, 3.05) is 18.9 Å². The molecule has 8 heteroatoms. The number of benzene rings is 1. The molecule has 0 radical (unpaired) electrons. The summed E-state index contributed by atoms with van der Waals surface area (Å²) < 4.78 is 17.8. The minimum absolute atomic E-state index is 0.278. The van der Waals surface area contributed by atoms with Gasteiger partial charge in [0.1, 0.15) is 5.82 Å². The molecule has 5 nitrogen and oxygen atoms in total. The van der Waals surface area contributed by atoms with Crippen LogP contribution in [-0.4, -0.2) is 29.5 Å². The molecule has 0 bridgehead atoms. The van der Waals surface area contributed by atoms with Gasteiger partial charge in [-0.2, -0.15) is 0 Å². The van der Waals surface area contributed by atoms with Gasteiger partial charge in [0.15, 0.2) is 0 Å². The summed E-state index contributed by atoms with van der Waals surface area (Å²) in [5, 5.41) is 3.04. The highest BCUT2D eigenvalue weighted by atomic mass is 32.2. The molecule has 0 fully saturated rings.